The first kappa shape index (κ1) is 32.6. The standard InChI is InChI=1S/C9H18FNO4S.C8H11F5O3/c1-6-9(10,15-8(2,3)4)7(12)11-16(5,13)14;1-6(2,3)16-4(5(14)15)7(9,10)8(11,12)13/h6H2,1-5H3,(H,11,12);4H,1-3H3,(H,14,15). The third-order valence-electron chi connectivity index (χ3n) is 2.94. The molecule has 0 spiro atoms. The highest BCUT2D eigenvalue weighted by molar-refractivity contribution is 7.89. The van der Waals surface area contributed by atoms with Gasteiger partial charge in [-0.15, -0.1) is 0 Å². The molecule has 0 rings (SSSR count). The largest absolute Gasteiger partial charge is 0.479 e. The number of hydrogen-bond donors (Lipinski definition) is 2. The molecule has 0 aliphatic rings. The van der Waals surface area contributed by atoms with Crippen LogP contribution in [0.4, 0.5) is 26.3 Å². The Labute approximate surface area is 182 Å². The van der Waals surface area contributed by atoms with Crippen molar-refractivity contribution in [2.45, 2.75) is 90.1 Å². The SMILES string of the molecule is CC(C)(C)OC(C(=O)O)C(F)(F)C(F)(F)F.CCC(F)(OC(C)(C)C)C(=O)NS(C)(=O)=O. The van der Waals surface area contributed by atoms with Crippen LogP contribution < -0.4 is 4.72 Å². The summed E-state index contributed by atoms with van der Waals surface area (Å²) in [4.78, 5) is 21.8. The summed E-state index contributed by atoms with van der Waals surface area (Å²) in [5, 5.41) is 8.33. The lowest BCUT2D eigenvalue weighted by molar-refractivity contribution is -0.324. The van der Waals surface area contributed by atoms with Gasteiger partial charge in [0.05, 0.1) is 17.5 Å². The van der Waals surface area contributed by atoms with Crippen LogP contribution in [0, 0.1) is 0 Å². The molecule has 2 atom stereocenters. The number of halogens is 6. The summed E-state index contributed by atoms with van der Waals surface area (Å²) in [5.74, 6) is -11.7. The fraction of sp³-hybridized carbons (Fsp3) is 0.882. The number of alkyl halides is 6. The minimum atomic E-state index is -5.97. The van der Waals surface area contributed by atoms with Gasteiger partial charge in [0.15, 0.2) is 0 Å². The predicted molar refractivity (Wildman–Crippen MR) is 101 cm³/mol. The second kappa shape index (κ2) is 10.5. The summed E-state index contributed by atoms with van der Waals surface area (Å²) in [6.45, 7) is 9.65. The van der Waals surface area contributed by atoms with E-state index in [2.05, 4.69) is 4.74 Å². The molecule has 0 saturated heterocycles. The molecule has 1 amide bonds. The Morgan fingerprint density at radius 3 is 1.56 bits per heavy atom. The molecule has 0 saturated carbocycles. The van der Waals surface area contributed by atoms with Crippen molar-refractivity contribution in [1.82, 2.24) is 4.72 Å². The first-order chi connectivity index (χ1) is 13.7. The number of sulfonamides is 1. The predicted octanol–water partition coefficient (Wildman–Crippen LogP) is 3.41. The molecule has 2 unspecified atom stereocenters. The van der Waals surface area contributed by atoms with Gasteiger partial charge in [0.25, 0.3) is 11.8 Å². The van der Waals surface area contributed by atoms with E-state index in [0.29, 0.717) is 0 Å². The van der Waals surface area contributed by atoms with Crippen molar-refractivity contribution in [2.24, 2.45) is 0 Å². The van der Waals surface area contributed by atoms with Gasteiger partial charge in [-0.3, -0.25) is 4.79 Å². The van der Waals surface area contributed by atoms with Crippen LogP contribution in [0.15, 0.2) is 0 Å². The normalized spacial score (nSPS) is 16.3. The molecule has 192 valence electrons. The van der Waals surface area contributed by atoms with Gasteiger partial charge in [-0.2, -0.15) is 22.0 Å². The van der Waals surface area contributed by atoms with Crippen molar-refractivity contribution >= 4 is 21.9 Å². The fourth-order valence-electron chi connectivity index (χ4n) is 1.79. The van der Waals surface area contributed by atoms with Crippen molar-refractivity contribution in [3.63, 3.8) is 0 Å². The summed E-state index contributed by atoms with van der Waals surface area (Å²) in [7, 11) is -3.79. The molecule has 32 heavy (non-hydrogen) atoms. The first-order valence-corrected chi connectivity index (χ1v) is 10.8. The van der Waals surface area contributed by atoms with E-state index in [1.165, 1.54) is 27.7 Å². The Morgan fingerprint density at radius 2 is 1.34 bits per heavy atom. The maximum Gasteiger partial charge on any atom is 0.456 e. The molecule has 0 radical (unpaired) electrons. The van der Waals surface area contributed by atoms with Crippen molar-refractivity contribution in [2.75, 3.05) is 6.26 Å². The van der Waals surface area contributed by atoms with E-state index in [1.807, 2.05) is 0 Å². The molecule has 0 aliphatic carbocycles. The summed E-state index contributed by atoms with van der Waals surface area (Å²) < 4.78 is 108. The molecule has 0 aromatic heterocycles. The number of nitrogens with one attached hydrogen (secondary N) is 1. The number of aliphatic carboxylic acids is 1. The molecule has 0 fully saturated rings. The van der Waals surface area contributed by atoms with E-state index in [0.717, 1.165) is 6.26 Å². The van der Waals surface area contributed by atoms with Crippen LogP contribution in [0.5, 0.6) is 0 Å². The van der Waals surface area contributed by atoms with E-state index < -0.39 is 57.2 Å². The van der Waals surface area contributed by atoms with Gasteiger partial charge in [0.1, 0.15) is 0 Å². The highest BCUT2D eigenvalue weighted by Crippen LogP contribution is 2.40. The van der Waals surface area contributed by atoms with Crippen molar-refractivity contribution in [3.8, 4) is 0 Å². The van der Waals surface area contributed by atoms with Gasteiger partial charge in [0, 0.05) is 6.42 Å². The number of carboxylic acid groups (broad SMARTS) is 1. The second-order valence-electron chi connectivity index (χ2n) is 8.57. The number of ether oxygens (including phenoxy) is 2. The summed E-state index contributed by atoms with van der Waals surface area (Å²) in [6.07, 6.45) is -8.72. The van der Waals surface area contributed by atoms with Gasteiger partial charge in [-0.25, -0.2) is 22.3 Å². The lowest BCUT2D eigenvalue weighted by atomic mass is 10.1. The van der Waals surface area contributed by atoms with Crippen LogP contribution >= 0.6 is 0 Å². The third-order valence-corrected chi connectivity index (χ3v) is 3.50. The summed E-state index contributed by atoms with van der Waals surface area (Å²) in [5.41, 5.74) is -2.32. The molecule has 2 N–H and O–H groups in total. The van der Waals surface area contributed by atoms with Crippen LogP contribution in [-0.4, -0.2) is 66.9 Å². The summed E-state index contributed by atoms with van der Waals surface area (Å²) in [6, 6.07) is 0. The molecular weight excluding hydrogens is 476 g/mol. The molecule has 0 bridgehead atoms. The number of carbonyl (C=O) groups excluding carboxylic acids is 1. The Morgan fingerprint density at radius 1 is 0.938 bits per heavy atom. The van der Waals surface area contributed by atoms with E-state index >= 15 is 0 Å². The fourth-order valence-corrected chi connectivity index (χ4v) is 2.28. The van der Waals surface area contributed by atoms with Gasteiger partial charge in [-0.1, -0.05) is 6.92 Å². The first-order valence-electron chi connectivity index (χ1n) is 8.95. The quantitative estimate of drug-likeness (QED) is 0.509. The number of hydrogen-bond acceptors (Lipinski definition) is 6. The highest BCUT2D eigenvalue weighted by atomic mass is 32.2. The van der Waals surface area contributed by atoms with Crippen LogP contribution in [0.3, 0.4) is 0 Å². The van der Waals surface area contributed by atoms with Crippen molar-refractivity contribution in [3.05, 3.63) is 0 Å². The lowest BCUT2D eigenvalue weighted by Gasteiger charge is -2.31. The average molecular weight is 505 g/mol. The zero-order chi connectivity index (χ0) is 26.6. The van der Waals surface area contributed by atoms with E-state index in [4.69, 9.17) is 9.84 Å². The molecule has 0 aromatic rings. The Balaban J connectivity index is 0. The number of carboxylic acids is 1. The molecular formula is C17H29F6NO7S. The van der Waals surface area contributed by atoms with Crippen LogP contribution in [0.1, 0.15) is 54.9 Å². The zero-order valence-corrected chi connectivity index (χ0v) is 19.7. The van der Waals surface area contributed by atoms with E-state index in [1.54, 1.807) is 25.5 Å². The Kier molecular flexibility index (Phi) is 10.7. The van der Waals surface area contributed by atoms with Gasteiger partial charge >= 0.3 is 18.1 Å². The maximum absolute atomic E-state index is 14.0. The summed E-state index contributed by atoms with van der Waals surface area (Å²) >= 11 is 0. The number of rotatable bonds is 7. The Bertz CT molecular complexity index is 757. The monoisotopic (exact) mass is 505 g/mol. The Hall–Kier alpha value is -1.61. The molecule has 8 nitrogen and oxygen atoms in total. The lowest BCUT2D eigenvalue weighted by Crippen LogP contribution is -2.54. The maximum atomic E-state index is 14.0. The third kappa shape index (κ3) is 11.9. The van der Waals surface area contributed by atoms with Gasteiger partial charge in [0.2, 0.25) is 16.1 Å². The molecule has 0 heterocycles. The second-order valence-corrected chi connectivity index (χ2v) is 10.3. The molecule has 0 aliphatic heterocycles. The number of amides is 1. The van der Waals surface area contributed by atoms with Crippen LogP contribution in [0.25, 0.3) is 0 Å². The zero-order valence-electron chi connectivity index (χ0n) is 18.9. The van der Waals surface area contributed by atoms with Crippen molar-refractivity contribution in [1.29, 1.82) is 0 Å². The minimum Gasteiger partial charge on any atom is -0.479 e. The topological polar surface area (TPSA) is 119 Å². The minimum absolute atomic E-state index is 0.272. The van der Waals surface area contributed by atoms with Crippen LogP contribution in [0.2, 0.25) is 0 Å². The highest BCUT2D eigenvalue weighted by Gasteiger charge is 2.66. The molecule has 0 aromatic carbocycles. The number of carbonyl (C=O) groups is 2. The van der Waals surface area contributed by atoms with Gasteiger partial charge < -0.3 is 14.6 Å². The average Bonchev–Trinajstić information content (AvgIpc) is 2.47. The smallest absolute Gasteiger partial charge is 0.456 e. The van der Waals surface area contributed by atoms with E-state index in [-0.39, 0.29) is 6.42 Å². The van der Waals surface area contributed by atoms with Crippen LogP contribution in [-0.2, 0) is 29.1 Å². The molecule has 15 heteroatoms. The van der Waals surface area contributed by atoms with E-state index in [9.17, 15) is 44.3 Å². The van der Waals surface area contributed by atoms with Crippen molar-refractivity contribution < 1.29 is 58.9 Å². The van der Waals surface area contributed by atoms with Gasteiger partial charge in [-0.05, 0) is 41.5 Å².